The minimum Gasteiger partial charge on any atom is -0.367 e. The number of hydrogen-bond donors (Lipinski definition) is 2. The summed E-state index contributed by atoms with van der Waals surface area (Å²) in [6, 6.07) is 8.16. The van der Waals surface area contributed by atoms with E-state index in [9.17, 15) is 13.2 Å². The van der Waals surface area contributed by atoms with Gasteiger partial charge < -0.3 is 15.4 Å². The summed E-state index contributed by atoms with van der Waals surface area (Å²) in [5, 5.41) is 6.43. The maximum Gasteiger partial charge on any atom is 0.434 e. The van der Waals surface area contributed by atoms with E-state index in [0.717, 1.165) is 49.6 Å². The van der Waals surface area contributed by atoms with Crippen molar-refractivity contribution in [1.82, 2.24) is 15.3 Å². The summed E-state index contributed by atoms with van der Waals surface area (Å²) < 4.78 is 43.5. The van der Waals surface area contributed by atoms with Crippen LogP contribution in [0.15, 0.2) is 36.7 Å². The number of nitrogens with zero attached hydrogens (tertiary/aromatic N) is 2. The molecule has 0 aliphatic carbocycles. The third-order valence-electron chi connectivity index (χ3n) is 4.76. The van der Waals surface area contributed by atoms with Gasteiger partial charge in [0.05, 0.1) is 19.0 Å². The van der Waals surface area contributed by atoms with Crippen molar-refractivity contribution in [2.24, 2.45) is 0 Å². The topological polar surface area (TPSA) is 59.1 Å². The van der Waals surface area contributed by atoms with Crippen LogP contribution in [-0.4, -0.2) is 29.2 Å². The minimum absolute atomic E-state index is 0.259. The van der Waals surface area contributed by atoms with Gasteiger partial charge in [-0.25, -0.2) is 9.97 Å². The number of halogens is 3. The third-order valence-corrected chi connectivity index (χ3v) is 4.76. The van der Waals surface area contributed by atoms with Gasteiger partial charge >= 0.3 is 6.18 Å². The Labute approximate surface area is 142 Å². The maximum absolute atomic E-state index is 12.5. The summed E-state index contributed by atoms with van der Waals surface area (Å²) in [6.45, 7) is 1.52. The van der Waals surface area contributed by atoms with Gasteiger partial charge in [0.15, 0.2) is 5.69 Å². The van der Waals surface area contributed by atoms with Crippen molar-refractivity contribution in [3.05, 3.63) is 47.9 Å². The zero-order valence-corrected chi connectivity index (χ0v) is 13.3. The fourth-order valence-electron chi connectivity index (χ4n) is 3.31. The summed E-state index contributed by atoms with van der Waals surface area (Å²) in [5.74, 6) is 0.259. The number of fused-ring (bicyclic) bond motifs is 3. The van der Waals surface area contributed by atoms with Crippen molar-refractivity contribution < 1.29 is 17.9 Å². The van der Waals surface area contributed by atoms with Gasteiger partial charge in [0.1, 0.15) is 11.4 Å². The van der Waals surface area contributed by atoms with E-state index in [4.69, 9.17) is 4.74 Å². The predicted octanol–water partition coefficient (Wildman–Crippen LogP) is 3.22. The summed E-state index contributed by atoms with van der Waals surface area (Å²) in [6.07, 6.45) is -0.608. The lowest BCUT2D eigenvalue weighted by molar-refractivity contribution is -0.141. The number of rotatable bonds is 3. The van der Waals surface area contributed by atoms with E-state index in [0.29, 0.717) is 6.04 Å². The summed E-state index contributed by atoms with van der Waals surface area (Å²) in [7, 11) is 0. The molecule has 0 spiro atoms. The van der Waals surface area contributed by atoms with Crippen LogP contribution in [0.25, 0.3) is 0 Å². The maximum atomic E-state index is 12.5. The Morgan fingerprint density at radius 3 is 2.48 bits per heavy atom. The molecule has 2 atom stereocenters. The van der Waals surface area contributed by atoms with Crippen LogP contribution >= 0.6 is 0 Å². The van der Waals surface area contributed by atoms with Gasteiger partial charge in [-0.2, -0.15) is 13.2 Å². The molecule has 1 aromatic heterocycles. The smallest absolute Gasteiger partial charge is 0.367 e. The highest BCUT2D eigenvalue weighted by atomic mass is 19.4. The number of ether oxygens (including phenoxy) is 1. The van der Waals surface area contributed by atoms with Crippen molar-refractivity contribution in [2.75, 3.05) is 18.5 Å². The average Bonchev–Trinajstić information content (AvgIpc) is 2.63. The number of piperidine rings is 1. The monoisotopic (exact) mass is 350 g/mol. The van der Waals surface area contributed by atoms with Crippen LogP contribution in [0.2, 0.25) is 0 Å². The standard InChI is InChI=1S/C17H17F3N4O/c18-17(19,20)14-7-22-15(8-21-14)24-12-3-1-11(2-4-12)16-6-5-13(9-25-16)23-10-16/h1-4,7-8,13,23H,5-6,9-10H2,(H,22,24). The molecular formula is C17H17F3N4O. The van der Waals surface area contributed by atoms with Gasteiger partial charge in [-0.1, -0.05) is 12.1 Å². The number of nitrogens with one attached hydrogen (secondary N) is 2. The molecule has 5 rings (SSSR count). The highest BCUT2D eigenvalue weighted by Crippen LogP contribution is 2.38. The van der Waals surface area contributed by atoms with E-state index in [-0.39, 0.29) is 11.4 Å². The second-order valence-electron chi connectivity index (χ2n) is 6.41. The fraction of sp³-hybridized carbons (Fsp3) is 0.412. The first kappa shape index (κ1) is 16.3. The Hall–Kier alpha value is -2.19. The molecule has 3 saturated heterocycles. The van der Waals surface area contributed by atoms with Crippen molar-refractivity contribution in [3.63, 3.8) is 0 Å². The average molecular weight is 350 g/mol. The molecule has 8 heteroatoms. The lowest BCUT2D eigenvalue weighted by Crippen LogP contribution is -2.57. The predicted molar refractivity (Wildman–Crippen MR) is 85.4 cm³/mol. The van der Waals surface area contributed by atoms with Crippen LogP contribution < -0.4 is 10.6 Å². The van der Waals surface area contributed by atoms with Crippen LogP contribution in [0.1, 0.15) is 24.1 Å². The third kappa shape index (κ3) is 3.19. The molecule has 3 aliphatic rings. The SMILES string of the molecule is FC(F)(F)c1cnc(Nc2ccc(C34CCC(CO3)NC4)cc2)cn1. The van der Waals surface area contributed by atoms with Crippen molar-refractivity contribution in [1.29, 1.82) is 0 Å². The first-order valence-corrected chi connectivity index (χ1v) is 8.09. The van der Waals surface area contributed by atoms with E-state index in [2.05, 4.69) is 20.6 Å². The highest BCUT2D eigenvalue weighted by molar-refractivity contribution is 5.56. The molecule has 4 heterocycles. The second-order valence-corrected chi connectivity index (χ2v) is 6.41. The zero-order valence-electron chi connectivity index (χ0n) is 13.3. The molecule has 5 nitrogen and oxygen atoms in total. The van der Waals surface area contributed by atoms with Crippen LogP contribution in [0, 0.1) is 0 Å². The Morgan fingerprint density at radius 2 is 1.96 bits per heavy atom. The molecule has 3 aliphatic heterocycles. The highest BCUT2D eigenvalue weighted by Gasteiger charge is 2.42. The van der Waals surface area contributed by atoms with E-state index in [1.807, 2.05) is 24.3 Å². The van der Waals surface area contributed by atoms with Crippen molar-refractivity contribution in [3.8, 4) is 0 Å². The van der Waals surface area contributed by atoms with Gasteiger partial charge in [0.2, 0.25) is 0 Å². The number of aromatic nitrogens is 2. The van der Waals surface area contributed by atoms with Crippen molar-refractivity contribution in [2.45, 2.75) is 30.7 Å². The Kier molecular flexibility index (Phi) is 3.88. The second kappa shape index (κ2) is 5.96. The van der Waals surface area contributed by atoms with Crippen molar-refractivity contribution >= 4 is 11.5 Å². The molecule has 0 amide bonds. The lowest BCUT2D eigenvalue weighted by Gasteiger charge is -2.47. The van der Waals surface area contributed by atoms with Crippen LogP contribution in [0.5, 0.6) is 0 Å². The first-order valence-electron chi connectivity index (χ1n) is 8.09. The van der Waals surface area contributed by atoms with Gasteiger partial charge in [0.25, 0.3) is 0 Å². The molecule has 25 heavy (non-hydrogen) atoms. The molecule has 2 N–H and O–H groups in total. The minimum atomic E-state index is -4.49. The quantitative estimate of drug-likeness (QED) is 0.890. The molecule has 1 aromatic carbocycles. The molecule has 132 valence electrons. The van der Waals surface area contributed by atoms with Crippen LogP contribution in [0.4, 0.5) is 24.7 Å². The molecule has 0 radical (unpaired) electrons. The van der Waals surface area contributed by atoms with E-state index in [1.54, 1.807) is 0 Å². The lowest BCUT2D eigenvalue weighted by atomic mass is 9.81. The fourth-order valence-corrected chi connectivity index (χ4v) is 3.31. The number of anilines is 2. The Bertz CT molecular complexity index is 724. The van der Waals surface area contributed by atoms with Gasteiger partial charge in [-0.15, -0.1) is 0 Å². The van der Waals surface area contributed by atoms with Crippen LogP contribution in [0.3, 0.4) is 0 Å². The molecule has 2 bridgehead atoms. The number of alkyl halides is 3. The van der Waals surface area contributed by atoms with Gasteiger partial charge in [-0.3, -0.25) is 0 Å². The summed E-state index contributed by atoms with van der Waals surface area (Å²) in [5.41, 5.74) is 0.542. The first-order chi connectivity index (χ1) is 11.9. The molecule has 0 saturated carbocycles. The molecule has 3 fully saturated rings. The zero-order chi connectivity index (χ0) is 17.5. The largest absolute Gasteiger partial charge is 0.434 e. The number of benzene rings is 1. The normalized spacial score (nSPS) is 25.8. The Balaban J connectivity index is 1.47. The van der Waals surface area contributed by atoms with Crippen LogP contribution in [-0.2, 0) is 16.5 Å². The van der Waals surface area contributed by atoms with E-state index in [1.165, 1.54) is 0 Å². The summed E-state index contributed by atoms with van der Waals surface area (Å²) >= 11 is 0. The van der Waals surface area contributed by atoms with E-state index < -0.39 is 11.9 Å². The van der Waals surface area contributed by atoms with Gasteiger partial charge in [0, 0.05) is 18.3 Å². The number of morpholine rings is 1. The molecule has 2 aromatic rings. The number of hydrogen-bond acceptors (Lipinski definition) is 5. The molecule has 2 unspecified atom stereocenters. The van der Waals surface area contributed by atoms with Gasteiger partial charge in [-0.05, 0) is 30.5 Å². The van der Waals surface area contributed by atoms with E-state index >= 15 is 0 Å². The molecular weight excluding hydrogens is 333 g/mol. The summed E-state index contributed by atoms with van der Waals surface area (Å²) in [4.78, 5) is 7.15. The Morgan fingerprint density at radius 1 is 1.16 bits per heavy atom.